The maximum atomic E-state index is 5.29. The quantitative estimate of drug-likeness (QED) is 0.356. The lowest BCUT2D eigenvalue weighted by atomic mass is 10.2. The molecule has 0 spiro atoms. The Morgan fingerprint density at radius 3 is 2.52 bits per heavy atom. The van der Waals surface area contributed by atoms with Crippen molar-refractivity contribution >= 4 is 23.5 Å². The van der Waals surface area contributed by atoms with Crippen LogP contribution >= 0.6 is 12.2 Å². The highest BCUT2D eigenvalue weighted by Gasteiger charge is 2.10. The van der Waals surface area contributed by atoms with Crippen LogP contribution in [0, 0.1) is 13.8 Å². The lowest BCUT2D eigenvalue weighted by Gasteiger charge is -2.08. The van der Waals surface area contributed by atoms with Gasteiger partial charge in [-0.05, 0) is 49.3 Å². The summed E-state index contributed by atoms with van der Waals surface area (Å²) in [7, 11) is 1.65. The molecule has 0 amide bonds. The molecule has 0 fully saturated rings. The second-order valence-electron chi connectivity index (χ2n) is 6.63. The van der Waals surface area contributed by atoms with Gasteiger partial charge in [-0.2, -0.15) is 10.2 Å². The van der Waals surface area contributed by atoms with Crippen LogP contribution in [-0.4, -0.2) is 28.2 Å². The molecule has 0 aliphatic carbocycles. The Morgan fingerprint density at radius 1 is 1.10 bits per heavy atom. The van der Waals surface area contributed by atoms with Gasteiger partial charge in [-0.3, -0.25) is 10.1 Å². The van der Waals surface area contributed by atoms with Crippen LogP contribution < -0.4 is 15.5 Å². The van der Waals surface area contributed by atoms with Gasteiger partial charge in [0.05, 0.1) is 25.6 Å². The molecule has 0 saturated heterocycles. The summed E-state index contributed by atoms with van der Waals surface area (Å²) in [5.74, 6) is 0.831. The van der Waals surface area contributed by atoms with Gasteiger partial charge in [0.15, 0.2) is 5.11 Å². The minimum absolute atomic E-state index is 0.462. The Kier molecular flexibility index (Phi) is 6.97. The van der Waals surface area contributed by atoms with E-state index < -0.39 is 0 Å². The molecular weight excluding hydrogens is 382 g/mol. The number of thiocarbonyl (C=S) groups is 1. The Labute approximate surface area is 176 Å². The summed E-state index contributed by atoms with van der Waals surface area (Å²) in [5, 5.41) is 12.5. The number of aromatic nitrogens is 2. The predicted octanol–water partition coefficient (Wildman–Crippen LogP) is 3.56. The molecule has 0 atom stereocenters. The molecule has 0 aliphatic heterocycles. The van der Waals surface area contributed by atoms with E-state index in [0.29, 0.717) is 11.7 Å². The molecule has 2 N–H and O–H groups in total. The van der Waals surface area contributed by atoms with Gasteiger partial charge >= 0.3 is 0 Å². The number of hydrazone groups is 1. The summed E-state index contributed by atoms with van der Waals surface area (Å²) in [4.78, 5) is 0. The number of ether oxygens (including phenoxy) is 1. The van der Waals surface area contributed by atoms with Gasteiger partial charge < -0.3 is 10.1 Å². The number of hydrogen-bond acceptors (Lipinski definition) is 4. The predicted molar refractivity (Wildman–Crippen MR) is 120 cm³/mol. The van der Waals surface area contributed by atoms with Crippen molar-refractivity contribution in [1.82, 2.24) is 20.5 Å². The fraction of sp³-hybridized carbons (Fsp3) is 0.227. The summed E-state index contributed by atoms with van der Waals surface area (Å²) in [6, 6.07) is 18.1. The molecule has 150 valence electrons. The zero-order valence-corrected chi connectivity index (χ0v) is 17.7. The average molecular weight is 408 g/mol. The van der Waals surface area contributed by atoms with Gasteiger partial charge in [-0.15, -0.1) is 0 Å². The van der Waals surface area contributed by atoms with Gasteiger partial charge in [0, 0.05) is 17.8 Å². The SMILES string of the molecule is COc1ccc(CNC(=S)N/N=C\c2c(C)nn(Cc3ccccc3)c2C)cc1. The molecular formula is C22H25N5OS. The molecule has 29 heavy (non-hydrogen) atoms. The molecule has 0 radical (unpaired) electrons. The molecule has 7 heteroatoms. The summed E-state index contributed by atoms with van der Waals surface area (Å²) < 4.78 is 7.15. The summed E-state index contributed by atoms with van der Waals surface area (Å²) in [5.41, 5.74) is 8.17. The van der Waals surface area contributed by atoms with Crippen LogP contribution in [0.5, 0.6) is 5.75 Å². The topological polar surface area (TPSA) is 63.5 Å². The monoisotopic (exact) mass is 407 g/mol. The maximum Gasteiger partial charge on any atom is 0.187 e. The third kappa shape index (κ3) is 5.65. The molecule has 1 heterocycles. The Bertz CT molecular complexity index is 980. The first kappa shape index (κ1) is 20.5. The van der Waals surface area contributed by atoms with E-state index in [1.54, 1.807) is 13.3 Å². The van der Waals surface area contributed by atoms with Crippen LogP contribution in [0.15, 0.2) is 59.7 Å². The number of hydrogen-bond donors (Lipinski definition) is 2. The standard InChI is InChI=1S/C22H25N5OS/c1-16-21(17(2)27(26-16)15-19-7-5-4-6-8-19)14-24-25-22(29)23-13-18-9-11-20(28-3)12-10-18/h4-12,14H,13,15H2,1-3H3,(H2,23,25,29)/b24-14-. The number of methoxy groups -OCH3 is 1. The van der Waals surface area contributed by atoms with Crippen molar-refractivity contribution in [2.45, 2.75) is 26.9 Å². The zero-order chi connectivity index (χ0) is 20.6. The van der Waals surface area contributed by atoms with Gasteiger partial charge in [-0.25, -0.2) is 0 Å². The van der Waals surface area contributed by atoms with E-state index in [4.69, 9.17) is 17.0 Å². The van der Waals surface area contributed by atoms with Crippen LogP contribution in [0.4, 0.5) is 0 Å². The number of benzene rings is 2. The number of nitrogens with one attached hydrogen (secondary N) is 2. The minimum Gasteiger partial charge on any atom is -0.497 e. The molecule has 0 unspecified atom stereocenters. The van der Waals surface area contributed by atoms with Crippen molar-refractivity contribution in [3.05, 3.63) is 82.7 Å². The normalized spacial score (nSPS) is 10.9. The molecule has 0 aliphatic rings. The van der Waals surface area contributed by atoms with Crippen molar-refractivity contribution in [2.75, 3.05) is 7.11 Å². The Morgan fingerprint density at radius 2 is 1.83 bits per heavy atom. The lowest BCUT2D eigenvalue weighted by Crippen LogP contribution is -2.31. The molecule has 6 nitrogen and oxygen atoms in total. The first-order valence-corrected chi connectivity index (χ1v) is 9.75. The highest BCUT2D eigenvalue weighted by molar-refractivity contribution is 7.80. The molecule has 3 rings (SSSR count). The van der Waals surface area contributed by atoms with Crippen LogP contribution in [-0.2, 0) is 13.1 Å². The largest absolute Gasteiger partial charge is 0.497 e. The van der Waals surface area contributed by atoms with E-state index >= 15 is 0 Å². The molecule has 2 aromatic carbocycles. The van der Waals surface area contributed by atoms with E-state index in [2.05, 4.69) is 33.1 Å². The first-order chi connectivity index (χ1) is 14.1. The number of aryl methyl sites for hydroxylation is 1. The van der Waals surface area contributed by atoms with Gasteiger partial charge in [0.1, 0.15) is 5.75 Å². The lowest BCUT2D eigenvalue weighted by molar-refractivity contribution is 0.414. The van der Waals surface area contributed by atoms with Crippen LogP contribution in [0.1, 0.15) is 28.1 Å². The van der Waals surface area contributed by atoms with Crippen molar-refractivity contribution in [2.24, 2.45) is 5.10 Å². The highest BCUT2D eigenvalue weighted by atomic mass is 32.1. The van der Waals surface area contributed by atoms with Gasteiger partial charge in [0.25, 0.3) is 0 Å². The van der Waals surface area contributed by atoms with Crippen molar-refractivity contribution < 1.29 is 4.74 Å². The van der Waals surface area contributed by atoms with E-state index in [1.807, 2.05) is 61.0 Å². The maximum absolute atomic E-state index is 5.29. The summed E-state index contributed by atoms with van der Waals surface area (Å²) >= 11 is 5.29. The zero-order valence-electron chi connectivity index (χ0n) is 16.8. The van der Waals surface area contributed by atoms with Crippen molar-refractivity contribution in [1.29, 1.82) is 0 Å². The second kappa shape index (κ2) is 9.84. The van der Waals surface area contributed by atoms with E-state index in [-0.39, 0.29) is 0 Å². The number of nitrogens with zero attached hydrogens (tertiary/aromatic N) is 3. The smallest absolute Gasteiger partial charge is 0.187 e. The highest BCUT2D eigenvalue weighted by Crippen LogP contribution is 2.13. The van der Waals surface area contributed by atoms with E-state index in [9.17, 15) is 0 Å². The molecule has 0 bridgehead atoms. The summed E-state index contributed by atoms with van der Waals surface area (Å²) in [6.07, 6.45) is 1.76. The average Bonchev–Trinajstić information content (AvgIpc) is 3.00. The van der Waals surface area contributed by atoms with E-state index in [1.165, 1.54) is 5.56 Å². The molecule has 1 aromatic heterocycles. The Hall–Kier alpha value is -3.19. The third-order valence-electron chi connectivity index (χ3n) is 4.58. The van der Waals surface area contributed by atoms with Crippen LogP contribution in [0.3, 0.4) is 0 Å². The summed E-state index contributed by atoms with van der Waals surface area (Å²) in [6.45, 7) is 5.37. The fourth-order valence-corrected chi connectivity index (χ4v) is 3.05. The van der Waals surface area contributed by atoms with Crippen molar-refractivity contribution in [3.63, 3.8) is 0 Å². The molecule has 0 saturated carbocycles. The van der Waals surface area contributed by atoms with E-state index in [0.717, 1.165) is 34.8 Å². The van der Waals surface area contributed by atoms with Crippen LogP contribution in [0.2, 0.25) is 0 Å². The second-order valence-corrected chi connectivity index (χ2v) is 7.04. The van der Waals surface area contributed by atoms with Gasteiger partial charge in [-0.1, -0.05) is 42.5 Å². The first-order valence-electron chi connectivity index (χ1n) is 9.34. The third-order valence-corrected chi connectivity index (χ3v) is 4.82. The fourth-order valence-electron chi connectivity index (χ4n) is 2.93. The number of rotatable bonds is 7. The minimum atomic E-state index is 0.462. The van der Waals surface area contributed by atoms with Gasteiger partial charge in [0.2, 0.25) is 0 Å². The van der Waals surface area contributed by atoms with Crippen LogP contribution in [0.25, 0.3) is 0 Å². The Balaban J connectivity index is 1.54. The van der Waals surface area contributed by atoms with Crippen molar-refractivity contribution in [3.8, 4) is 5.75 Å². The molecule has 3 aromatic rings.